The summed E-state index contributed by atoms with van der Waals surface area (Å²) in [5.41, 5.74) is 1.25. The van der Waals surface area contributed by atoms with Gasteiger partial charge in [-0.2, -0.15) is 5.10 Å². The van der Waals surface area contributed by atoms with E-state index in [2.05, 4.69) is 63.4 Å². The Hall–Kier alpha value is -1.20. The summed E-state index contributed by atoms with van der Waals surface area (Å²) in [6.45, 7) is 5.94. The van der Waals surface area contributed by atoms with Crippen LogP contribution in [-0.2, 0) is 13.1 Å². The third-order valence-corrected chi connectivity index (χ3v) is 3.79. The summed E-state index contributed by atoms with van der Waals surface area (Å²) in [5.74, 6) is 0.987. The zero-order valence-corrected chi connectivity index (χ0v) is 12.9. The predicted molar refractivity (Wildman–Crippen MR) is 79.7 cm³/mol. The first-order chi connectivity index (χ1) is 9.22. The smallest absolute Gasteiger partial charge is 0.140 e. The zero-order chi connectivity index (χ0) is 13.7. The molecule has 2 aromatic rings. The molecule has 1 heterocycles. The number of hydrogen-bond donors (Lipinski definition) is 1. The van der Waals surface area contributed by atoms with Crippen LogP contribution in [0, 0.1) is 0 Å². The van der Waals surface area contributed by atoms with Crippen molar-refractivity contribution in [1.82, 2.24) is 20.1 Å². The fraction of sp³-hybridized carbons (Fsp3) is 0.429. The lowest BCUT2D eigenvalue weighted by Crippen LogP contribution is -2.21. The second-order valence-electron chi connectivity index (χ2n) is 4.52. The first-order valence-electron chi connectivity index (χ1n) is 6.57. The van der Waals surface area contributed by atoms with Gasteiger partial charge in [0.15, 0.2) is 0 Å². The van der Waals surface area contributed by atoms with Crippen molar-refractivity contribution in [2.45, 2.75) is 39.4 Å². The standard InChI is InChI=1S/C14H19BrN4/c1-3-8-19-14(17-10-18-19)9-16-11(2)12-6-4-5-7-13(12)15/h4-7,10-11,16H,3,8-9H2,1-2H3/t11-/m1/s1. The molecule has 0 unspecified atom stereocenters. The van der Waals surface area contributed by atoms with Gasteiger partial charge in [0.1, 0.15) is 12.2 Å². The Labute approximate surface area is 122 Å². The summed E-state index contributed by atoms with van der Waals surface area (Å²) in [6.07, 6.45) is 2.69. The Bertz CT molecular complexity index is 524. The van der Waals surface area contributed by atoms with Crippen LogP contribution in [0.4, 0.5) is 0 Å². The van der Waals surface area contributed by atoms with Gasteiger partial charge in [-0.3, -0.25) is 0 Å². The number of aromatic nitrogens is 3. The van der Waals surface area contributed by atoms with Gasteiger partial charge < -0.3 is 5.32 Å². The van der Waals surface area contributed by atoms with Crippen LogP contribution in [0.5, 0.6) is 0 Å². The Morgan fingerprint density at radius 1 is 1.37 bits per heavy atom. The number of benzene rings is 1. The van der Waals surface area contributed by atoms with Gasteiger partial charge in [-0.15, -0.1) is 0 Å². The van der Waals surface area contributed by atoms with E-state index in [9.17, 15) is 0 Å². The first-order valence-corrected chi connectivity index (χ1v) is 7.36. The molecule has 0 amide bonds. The first kappa shape index (κ1) is 14.2. The average molecular weight is 323 g/mol. The number of halogens is 1. The van der Waals surface area contributed by atoms with Crippen molar-refractivity contribution in [3.63, 3.8) is 0 Å². The summed E-state index contributed by atoms with van der Waals surface area (Å²) in [6, 6.07) is 8.53. The predicted octanol–water partition coefficient (Wildman–Crippen LogP) is 3.30. The van der Waals surface area contributed by atoms with E-state index >= 15 is 0 Å². The van der Waals surface area contributed by atoms with Crippen molar-refractivity contribution in [2.75, 3.05) is 0 Å². The van der Waals surface area contributed by atoms with Crippen molar-refractivity contribution < 1.29 is 0 Å². The molecule has 0 bridgehead atoms. The molecule has 0 radical (unpaired) electrons. The minimum atomic E-state index is 0.266. The number of aryl methyl sites for hydroxylation is 1. The van der Waals surface area contributed by atoms with Crippen LogP contribution in [0.1, 0.15) is 37.7 Å². The lowest BCUT2D eigenvalue weighted by molar-refractivity contribution is 0.508. The van der Waals surface area contributed by atoms with Crippen LogP contribution in [0.2, 0.25) is 0 Å². The molecule has 1 aromatic heterocycles. The van der Waals surface area contributed by atoms with Crippen molar-refractivity contribution in [3.8, 4) is 0 Å². The van der Waals surface area contributed by atoms with Gasteiger partial charge in [0.25, 0.3) is 0 Å². The molecule has 102 valence electrons. The summed E-state index contributed by atoms with van der Waals surface area (Å²) in [7, 11) is 0. The molecule has 1 aromatic carbocycles. The average Bonchev–Trinajstić information content (AvgIpc) is 2.84. The van der Waals surface area contributed by atoms with Crippen molar-refractivity contribution >= 4 is 15.9 Å². The minimum Gasteiger partial charge on any atom is -0.303 e. The molecule has 4 nitrogen and oxygen atoms in total. The van der Waals surface area contributed by atoms with E-state index in [0.717, 1.165) is 29.8 Å². The largest absolute Gasteiger partial charge is 0.303 e. The van der Waals surface area contributed by atoms with E-state index in [-0.39, 0.29) is 6.04 Å². The fourth-order valence-corrected chi connectivity index (χ4v) is 2.63. The SMILES string of the molecule is CCCn1ncnc1CN[C@H](C)c1ccccc1Br. The maximum atomic E-state index is 4.30. The highest BCUT2D eigenvalue weighted by Crippen LogP contribution is 2.22. The zero-order valence-electron chi connectivity index (χ0n) is 11.3. The van der Waals surface area contributed by atoms with Gasteiger partial charge >= 0.3 is 0 Å². The molecule has 0 saturated heterocycles. The van der Waals surface area contributed by atoms with Crippen LogP contribution in [-0.4, -0.2) is 14.8 Å². The van der Waals surface area contributed by atoms with Crippen LogP contribution in [0.25, 0.3) is 0 Å². The Kier molecular flexibility index (Phi) is 5.10. The minimum absolute atomic E-state index is 0.266. The molecule has 5 heteroatoms. The Balaban J connectivity index is 1.98. The van der Waals surface area contributed by atoms with Crippen LogP contribution in [0.15, 0.2) is 35.1 Å². The van der Waals surface area contributed by atoms with Crippen molar-refractivity contribution in [2.24, 2.45) is 0 Å². The third-order valence-electron chi connectivity index (χ3n) is 3.07. The van der Waals surface area contributed by atoms with Gasteiger partial charge in [0.05, 0.1) is 6.54 Å². The molecule has 1 atom stereocenters. The highest BCUT2D eigenvalue weighted by Gasteiger charge is 2.10. The highest BCUT2D eigenvalue weighted by atomic mass is 79.9. The van der Waals surface area contributed by atoms with E-state index in [0.29, 0.717) is 0 Å². The maximum Gasteiger partial charge on any atom is 0.140 e. The lowest BCUT2D eigenvalue weighted by atomic mass is 10.1. The number of nitrogens with zero attached hydrogens (tertiary/aromatic N) is 3. The topological polar surface area (TPSA) is 42.7 Å². The van der Waals surface area contributed by atoms with Crippen LogP contribution >= 0.6 is 15.9 Å². The third kappa shape index (κ3) is 3.64. The lowest BCUT2D eigenvalue weighted by Gasteiger charge is -2.15. The van der Waals surface area contributed by atoms with Gasteiger partial charge in [0, 0.05) is 17.1 Å². The van der Waals surface area contributed by atoms with Gasteiger partial charge in [-0.25, -0.2) is 9.67 Å². The molecule has 0 fully saturated rings. The Morgan fingerprint density at radius 2 is 2.16 bits per heavy atom. The number of hydrogen-bond acceptors (Lipinski definition) is 3. The molecule has 0 spiro atoms. The summed E-state index contributed by atoms with van der Waals surface area (Å²) in [4.78, 5) is 4.30. The highest BCUT2D eigenvalue weighted by molar-refractivity contribution is 9.10. The number of rotatable bonds is 6. The molecule has 1 N–H and O–H groups in total. The number of nitrogens with one attached hydrogen (secondary N) is 1. The van der Waals surface area contributed by atoms with Gasteiger partial charge in [-0.05, 0) is 25.0 Å². The van der Waals surface area contributed by atoms with E-state index in [4.69, 9.17) is 0 Å². The molecule has 0 aliphatic carbocycles. The molecular formula is C14H19BrN4. The van der Waals surface area contributed by atoms with E-state index < -0.39 is 0 Å². The van der Waals surface area contributed by atoms with Crippen LogP contribution < -0.4 is 5.32 Å². The normalized spacial score (nSPS) is 12.6. The Morgan fingerprint density at radius 3 is 2.89 bits per heavy atom. The monoisotopic (exact) mass is 322 g/mol. The molecule has 0 saturated carbocycles. The van der Waals surface area contributed by atoms with Gasteiger partial charge in [0.2, 0.25) is 0 Å². The van der Waals surface area contributed by atoms with Gasteiger partial charge in [-0.1, -0.05) is 41.1 Å². The molecule has 0 aliphatic heterocycles. The van der Waals surface area contributed by atoms with E-state index in [1.807, 2.05) is 10.7 Å². The fourth-order valence-electron chi connectivity index (χ4n) is 2.00. The molecular weight excluding hydrogens is 304 g/mol. The maximum absolute atomic E-state index is 4.30. The second-order valence-corrected chi connectivity index (χ2v) is 5.38. The summed E-state index contributed by atoms with van der Waals surface area (Å²) in [5, 5.41) is 7.72. The quantitative estimate of drug-likeness (QED) is 0.887. The van der Waals surface area contributed by atoms with Crippen LogP contribution in [0.3, 0.4) is 0 Å². The van der Waals surface area contributed by atoms with E-state index in [1.54, 1.807) is 6.33 Å². The van der Waals surface area contributed by atoms with Crippen molar-refractivity contribution in [1.29, 1.82) is 0 Å². The molecule has 19 heavy (non-hydrogen) atoms. The van der Waals surface area contributed by atoms with Crippen molar-refractivity contribution in [3.05, 3.63) is 46.5 Å². The summed E-state index contributed by atoms with van der Waals surface area (Å²) < 4.78 is 3.09. The van der Waals surface area contributed by atoms with E-state index in [1.165, 1.54) is 5.56 Å². The summed E-state index contributed by atoms with van der Waals surface area (Å²) >= 11 is 3.58. The molecule has 2 rings (SSSR count). The molecule has 0 aliphatic rings. The second kappa shape index (κ2) is 6.82.